The van der Waals surface area contributed by atoms with Crippen LogP contribution in [-0.2, 0) is 0 Å². The van der Waals surface area contributed by atoms with Gasteiger partial charge in [-0.1, -0.05) is 188 Å². The summed E-state index contributed by atoms with van der Waals surface area (Å²) in [5.74, 6) is 0. The number of aryl methyl sites for hydroxylation is 1. The van der Waals surface area contributed by atoms with Gasteiger partial charge in [0.2, 0.25) is 0 Å². The average Bonchev–Trinajstić information content (AvgIpc) is 3.68. The molecule has 9 aromatic carbocycles. The minimum atomic E-state index is 0.914. The Morgan fingerprint density at radius 3 is 1.02 bits per heavy atom. The minimum absolute atomic E-state index is 0.914. The lowest BCUT2D eigenvalue weighted by molar-refractivity contribution is 0.671. The number of rotatable bonds is 8. The van der Waals surface area contributed by atoms with Gasteiger partial charge in [-0.05, 0) is 87.8 Å². The van der Waals surface area contributed by atoms with E-state index in [0.29, 0.717) is 0 Å². The molecular weight excluding hydrogens is 691 g/mol. The topological polar surface area (TPSA) is 16.4 Å². The van der Waals surface area contributed by atoms with Crippen molar-refractivity contribution < 1.29 is 4.42 Å². The Bertz CT molecular complexity index is 2950. The van der Waals surface area contributed by atoms with Gasteiger partial charge in [-0.2, -0.15) is 0 Å². The van der Waals surface area contributed by atoms with E-state index in [1.165, 1.54) is 27.8 Å². The highest BCUT2D eigenvalue weighted by molar-refractivity contribution is 6.13. The third kappa shape index (κ3) is 6.58. The van der Waals surface area contributed by atoms with Gasteiger partial charge in [0, 0.05) is 39.0 Å². The van der Waals surface area contributed by atoms with Crippen LogP contribution in [0.4, 0.5) is 17.1 Å². The van der Waals surface area contributed by atoms with Gasteiger partial charge in [0.1, 0.15) is 11.2 Å². The van der Waals surface area contributed by atoms with Gasteiger partial charge in [0.25, 0.3) is 0 Å². The van der Waals surface area contributed by atoms with Crippen LogP contribution >= 0.6 is 0 Å². The average molecular weight is 730 g/mol. The van der Waals surface area contributed by atoms with Crippen molar-refractivity contribution in [1.82, 2.24) is 0 Å². The van der Waals surface area contributed by atoms with Crippen molar-refractivity contribution in [3.05, 3.63) is 224 Å². The standard InChI is InChI=1S/C55H39NO/c1-38-18-20-40(21-19-38)43-28-34-48(35-29-43)56(47-32-26-42(27-33-47)39-10-4-2-5-11-39)49-36-30-44(31-37-49)41-22-24-46(25-23-41)51-15-9-17-53-52-16-8-14-50(54(52)57-55(51)53)45-12-6-3-7-13-45/h2-37H,1H3. The van der Waals surface area contributed by atoms with E-state index >= 15 is 0 Å². The summed E-state index contributed by atoms with van der Waals surface area (Å²) in [6.45, 7) is 2.12. The molecule has 0 aliphatic heterocycles. The van der Waals surface area contributed by atoms with Gasteiger partial charge in [-0.15, -0.1) is 0 Å². The molecule has 0 aliphatic carbocycles. The number of hydrogen-bond acceptors (Lipinski definition) is 2. The van der Waals surface area contributed by atoms with Crippen LogP contribution in [0.15, 0.2) is 223 Å². The zero-order chi connectivity index (χ0) is 38.1. The first-order chi connectivity index (χ1) is 28.2. The van der Waals surface area contributed by atoms with E-state index in [1.54, 1.807) is 0 Å². The molecule has 2 nitrogen and oxygen atoms in total. The van der Waals surface area contributed by atoms with Gasteiger partial charge in [-0.25, -0.2) is 0 Å². The number of nitrogens with zero attached hydrogens (tertiary/aromatic N) is 1. The summed E-state index contributed by atoms with van der Waals surface area (Å²) in [5, 5.41) is 2.26. The van der Waals surface area contributed by atoms with E-state index in [4.69, 9.17) is 4.42 Å². The van der Waals surface area contributed by atoms with Gasteiger partial charge < -0.3 is 9.32 Å². The highest BCUT2D eigenvalue weighted by atomic mass is 16.3. The Hall–Kier alpha value is -7.42. The van der Waals surface area contributed by atoms with E-state index in [-0.39, 0.29) is 0 Å². The lowest BCUT2D eigenvalue weighted by atomic mass is 9.98. The summed E-state index contributed by atoms with van der Waals surface area (Å²) in [6.07, 6.45) is 0. The molecule has 0 bridgehead atoms. The molecule has 270 valence electrons. The molecule has 57 heavy (non-hydrogen) atoms. The molecule has 0 saturated heterocycles. The summed E-state index contributed by atoms with van der Waals surface area (Å²) in [6, 6.07) is 78.1. The predicted octanol–water partition coefficient (Wildman–Crippen LogP) is 15.7. The van der Waals surface area contributed by atoms with E-state index in [1.807, 2.05) is 6.07 Å². The fourth-order valence-corrected chi connectivity index (χ4v) is 7.97. The lowest BCUT2D eigenvalue weighted by Gasteiger charge is -2.26. The lowest BCUT2D eigenvalue weighted by Crippen LogP contribution is -2.09. The number of benzene rings is 9. The fourth-order valence-electron chi connectivity index (χ4n) is 7.97. The Kier molecular flexibility index (Phi) is 8.78. The van der Waals surface area contributed by atoms with Crippen molar-refractivity contribution in [2.75, 3.05) is 4.90 Å². The van der Waals surface area contributed by atoms with Crippen LogP contribution < -0.4 is 4.90 Å². The summed E-state index contributed by atoms with van der Waals surface area (Å²) in [4.78, 5) is 2.33. The second-order valence-corrected chi connectivity index (χ2v) is 14.6. The first-order valence-corrected chi connectivity index (χ1v) is 19.5. The number of para-hydroxylation sites is 2. The molecule has 0 fully saturated rings. The zero-order valence-electron chi connectivity index (χ0n) is 31.6. The molecule has 10 rings (SSSR count). The Morgan fingerprint density at radius 1 is 0.281 bits per heavy atom. The molecule has 0 amide bonds. The third-order valence-electron chi connectivity index (χ3n) is 11.0. The van der Waals surface area contributed by atoms with Crippen LogP contribution in [0.5, 0.6) is 0 Å². The highest BCUT2D eigenvalue weighted by Gasteiger charge is 2.17. The molecule has 1 heterocycles. The molecule has 0 saturated carbocycles. The van der Waals surface area contributed by atoms with Crippen LogP contribution in [0.2, 0.25) is 0 Å². The molecule has 2 heteroatoms. The number of fused-ring (bicyclic) bond motifs is 3. The second-order valence-electron chi connectivity index (χ2n) is 14.6. The number of hydrogen-bond donors (Lipinski definition) is 0. The van der Waals surface area contributed by atoms with Gasteiger partial charge in [-0.3, -0.25) is 0 Å². The fraction of sp³-hybridized carbons (Fsp3) is 0.0182. The van der Waals surface area contributed by atoms with E-state index in [2.05, 4.69) is 224 Å². The Balaban J connectivity index is 0.967. The van der Waals surface area contributed by atoms with Crippen LogP contribution in [0.25, 0.3) is 77.6 Å². The molecular formula is C55H39NO. The largest absolute Gasteiger partial charge is 0.455 e. The molecule has 1 aromatic heterocycles. The molecule has 0 N–H and O–H groups in total. The molecule has 10 aromatic rings. The second kappa shape index (κ2) is 14.7. The highest BCUT2D eigenvalue weighted by Crippen LogP contribution is 2.41. The summed E-state index contributed by atoms with van der Waals surface area (Å²) in [5.41, 5.74) is 18.0. The van der Waals surface area contributed by atoms with E-state index in [9.17, 15) is 0 Å². The number of anilines is 3. The molecule has 0 atom stereocenters. The van der Waals surface area contributed by atoms with Crippen molar-refractivity contribution in [1.29, 1.82) is 0 Å². The van der Waals surface area contributed by atoms with Crippen LogP contribution in [-0.4, -0.2) is 0 Å². The van der Waals surface area contributed by atoms with Crippen molar-refractivity contribution in [2.24, 2.45) is 0 Å². The monoisotopic (exact) mass is 729 g/mol. The Morgan fingerprint density at radius 2 is 0.596 bits per heavy atom. The first kappa shape index (κ1) is 34.1. The Labute approximate surface area is 333 Å². The molecule has 0 radical (unpaired) electrons. The molecule has 0 aliphatic rings. The van der Waals surface area contributed by atoms with Crippen molar-refractivity contribution in [2.45, 2.75) is 6.92 Å². The van der Waals surface area contributed by atoms with Gasteiger partial charge in [0.15, 0.2) is 0 Å². The number of furan rings is 1. The SMILES string of the molecule is Cc1ccc(-c2ccc(N(c3ccc(-c4ccccc4)cc3)c3ccc(-c4ccc(-c5cccc6c5oc5c(-c7ccccc7)cccc56)cc4)cc3)cc2)cc1. The minimum Gasteiger partial charge on any atom is -0.455 e. The van der Waals surface area contributed by atoms with Gasteiger partial charge >= 0.3 is 0 Å². The summed E-state index contributed by atoms with van der Waals surface area (Å²) < 4.78 is 6.70. The van der Waals surface area contributed by atoms with Gasteiger partial charge in [0.05, 0.1) is 0 Å². The van der Waals surface area contributed by atoms with Crippen molar-refractivity contribution in [3.63, 3.8) is 0 Å². The van der Waals surface area contributed by atoms with Crippen LogP contribution in [0, 0.1) is 6.92 Å². The maximum absolute atomic E-state index is 6.70. The quantitative estimate of drug-likeness (QED) is 0.155. The van der Waals surface area contributed by atoms with Crippen LogP contribution in [0.1, 0.15) is 5.56 Å². The maximum atomic E-state index is 6.70. The maximum Gasteiger partial charge on any atom is 0.143 e. The summed E-state index contributed by atoms with van der Waals surface area (Å²) >= 11 is 0. The van der Waals surface area contributed by atoms with Crippen LogP contribution in [0.3, 0.4) is 0 Å². The molecule has 0 unspecified atom stereocenters. The first-order valence-electron chi connectivity index (χ1n) is 19.5. The van der Waals surface area contributed by atoms with E-state index < -0.39 is 0 Å². The molecule has 0 spiro atoms. The van der Waals surface area contributed by atoms with Crippen molar-refractivity contribution >= 4 is 39.0 Å². The normalized spacial score (nSPS) is 11.2. The summed E-state index contributed by atoms with van der Waals surface area (Å²) in [7, 11) is 0. The smallest absolute Gasteiger partial charge is 0.143 e. The van der Waals surface area contributed by atoms with E-state index in [0.717, 1.165) is 72.4 Å². The third-order valence-corrected chi connectivity index (χ3v) is 11.0. The van der Waals surface area contributed by atoms with Crippen molar-refractivity contribution in [3.8, 4) is 55.6 Å². The zero-order valence-corrected chi connectivity index (χ0v) is 31.6. The predicted molar refractivity (Wildman–Crippen MR) is 240 cm³/mol.